The van der Waals surface area contributed by atoms with Gasteiger partial charge in [-0.3, -0.25) is 19.1 Å². The number of aromatic nitrogens is 1. The Hall–Kier alpha value is -5.44. The Morgan fingerprint density at radius 1 is 0.983 bits per heavy atom. The highest BCUT2D eigenvalue weighted by atomic mass is 32.2. The van der Waals surface area contributed by atoms with Gasteiger partial charge in [0.1, 0.15) is 35.2 Å². The highest BCUT2D eigenvalue weighted by Crippen LogP contribution is 2.46. The fourth-order valence-corrected chi connectivity index (χ4v) is 9.72. The van der Waals surface area contributed by atoms with E-state index in [4.69, 9.17) is 19.2 Å². The van der Waals surface area contributed by atoms with Gasteiger partial charge < -0.3 is 29.7 Å². The number of rotatable bonds is 5. The minimum absolute atomic E-state index is 0.00383. The molecular formula is C44H51N5O9S. The second-order valence-corrected chi connectivity index (χ2v) is 18.2. The third kappa shape index (κ3) is 8.94. The van der Waals surface area contributed by atoms with E-state index >= 15 is 0 Å². The van der Waals surface area contributed by atoms with E-state index in [1.165, 1.54) is 4.90 Å². The second kappa shape index (κ2) is 17.0. The molecule has 1 saturated heterocycles. The number of methoxy groups -OCH3 is 1. The van der Waals surface area contributed by atoms with Gasteiger partial charge in [-0.15, -0.1) is 0 Å². The summed E-state index contributed by atoms with van der Waals surface area (Å²) < 4.78 is 46.3. The summed E-state index contributed by atoms with van der Waals surface area (Å²) in [5.41, 5.74) is 1.45. The summed E-state index contributed by atoms with van der Waals surface area (Å²) in [4.78, 5) is 62.7. The lowest BCUT2D eigenvalue weighted by Gasteiger charge is -2.29. The number of hydrogen-bond acceptors (Lipinski definition) is 10. The molecule has 3 fully saturated rings. The van der Waals surface area contributed by atoms with Crippen molar-refractivity contribution in [2.45, 2.75) is 106 Å². The lowest BCUT2D eigenvalue weighted by atomic mass is 10.0. The van der Waals surface area contributed by atoms with Gasteiger partial charge >= 0.3 is 6.09 Å². The van der Waals surface area contributed by atoms with Crippen LogP contribution < -0.4 is 24.8 Å². The number of allylic oxidation sites excluding steroid dienone is 2. The summed E-state index contributed by atoms with van der Waals surface area (Å²) in [6.07, 6.45) is 13.0. The first-order valence-corrected chi connectivity index (χ1v) is 22.3. The Morgan fingerprint density at radius 3 is 2.58 bits per heavy atom. The van der Waals surface area contributed by atoms with Crippen LogP contribution in [0, 0.1) is 5.92 Å². The number of ether oxygens (including phenoxy) is 3. The maximum atomic E-state index is 14.7. The number of amides is 4. The van der Waals surface area contributed by atoms with E-state index in [-0.39, 0.29) is 26.0 Å². The van der Waals surface area contributed by atoms with Crippen LogP contribution in [-0.4, -0.2) is 91.4 Å². The highest BCUT2D eigenvalue weighted by Gasteiger charge is 2.62. The zero-order chi connectivity index (χ0) is 41.1. The zero-order valence-electron chi connectivity index (χ0n) is 33.2. The summed E-state index contributed by atoms with van der Waals surface area (Å²) in [6, 6.07) is 13.3. The number of carbonyl (C=O) groups excluding carboxylic acids is 4. The molecule has 2 aliphatic carbocycles. The lowest BCUT2D eigenvalue weighted by molar-refractivity contribution is -0.141. The topological polar surface area (TPSA) is 182 Å². The van der Waals surface area contributed by atoms with E-state index in [9.17, 15) is 27.6 Å². The van der Waals surface area contributed by atoms with E-state index in [1.54, 1.807) is 7.11 Å². The van der Waals surface area contributed by atoms with Crippen molar-refractivity contribution in [1.82, 2.24) is 25.2 Å². The van der Waals surface area contributed by atoms with Crippen molar-refractivity contribution in [2.75, 3.05) is 20.3 Å². The van der Waals surface area contributed by atoms with Gasteiger partial charge in [0.25, 0.3) is 5.91 Å². The Labute approximate surface area is 344 Å². The standard InChI is InChI=1S/C44H51N5O9S/c1-56-38-25-36-33-22-29(38)16-8-5-6-13-21-57-43(53)46-34-18-12-4-2-3-11-17-30-26-44(30,42(52)48-59(54,55)32-19-20-32)47-40(50)37-23-31(27-49(37)41(34)51)58-39(33)24-35(45-36)28-14-9-7-10-15-28/h7-11,14-17,22,24-25,30-32,34,37H,2-6,12-13,18-21,23,26-27H2,1H3,(H,46,53)(H,47,50)(H,48,52)/b16-8-,17-11-/t30-,31+,34-,37-,44+/m0/s1. The highest BCUT2D eigenvalue weighted by molar-refractivity contribution is 7.91. The molecule has 4 heterocycles. The number of nitrogens with zero attached hydrogens (tertiary/aromatic N) is 2. The van der Waals surface area contributed by atoms with Gasteiger partial charge in [-0.05, 0) is 63.9 Å². The van der Waals surface area contributed by atoms with Crippen molar-refractivity contribution in [3.05, 3.63) is 72.3 Å². The maximum absolute atomic E-state index is 14.7. The fraction of sp³-hybridized carbons (Fsp3) is 0.477. The van der Waals surface area contributed by atoms with Crippen LogP contribution in [-0.2, 0) is 29.1 Å². The number of alkyl carbamates (subject to hydrolysis) is 1. The minimum Gasteiger partial charge on any atom is -0.496 e. The monoisotopic (exact) mass is 825 g/mol. The van der Waals surface area contributed by atoms with Gasteiger partial charge in [-0.1, -0.05) is 67.5 Å². The molecule has 0 unspecified atom stereocenters. The average Bonchev–Trinajstić information content (AvgIpc) is 4.15. The van der Waals surface area contributed by atoms with Crippen molar-refractivity contribution >= 4 is 50.8 Å². The van der Waals surface area contributed by atoms with Crippen LogP contribution in [0.3, 0.4) is 0 Å². The number of cyclic esters (lactones) is 1. The summed E-state index contributed by atoms with van der Waals surface area (Å²) in [5, 5.41) is 5.80. The molecule has 4 amide bonds. The Bertz CT molecular complexity index is 2280. The molecule has 1 aromatic heterocycles. The molecule has 14 nitrogen and oxygen atoms in total. The van der Waals surface area contributed by atoms with Crippen LogP contribution in [0.15, 0.2) is 66.8 Å². The van der Waals surface area contributed by atoms with Crippen LogP contribution in [0.1, 0.15) is 82.6 Å². The molecule has 3 aliphatic heterocycles. The van der Waals surface area contributed by atoms with Gasteiger partial charge in [-0.2, -0.15) is 0 Å². The summed E-state index contributed by atoms with van der Waals surface area (Å²) in [5.74, 6) is -1.18. The van der Waals surface area contributed by atoms with Crippen molar-refractivity contribution in [1.29, 1.82) is 0 Å². The average molecular weight is 826 g/mol. The number of sulfonamides is 1. The molecule has 312 valence electrons. The van der Waals surface area contributed by atoms with Crippen molar-refractivity contribution in [2.24, 2.45) is 5.92 Å². The summed E-state index contributed by atoms with van der Waals surface area (Å²) >= 11 is 0. The molecular weight excluding hydrogens is 775 g/mol. The fourth-order valence-electron chi connectivity index (χ4n) is 8.35. The molecule has 8 rings (SSSR count). The Balaban J connectivity index is 1.18. The summed E-state index contributed by atoms with van der Waals surface area (Å²) in [7, 11) is -2.30. The first-order valence-electron chi connectivity index (χ1n) is 20.7. The first-order chi connectivity index (χ1) is 28.5. The molecule has 5 aliphatic rings. The van der Waals surface area contributed by atoms with Crippen molar-refractivity contribution < 1.29 is 41.8 Å². The molecule has 0 spiro atoms. The van der Waals surface area contributed by atoms with Crippen LogP contribution in [0.2, 0.25) is 0 Å². The maximum Gasteiger partial charge on any atom is 0.407 e. The number of hydrogen-bond donors (Lipinski definition) is 3. The normalized spacial score (nSPS) is 27.9. The van der Waals surface area contributed by atoms with E-state index in [1.807, 2.05) is 72.8 Å². The predicted molar refractivity (Wildman–Crippen MR) is 221 cm³/mol. The molecule has 15 heteroatoms. The number of carbonyl (C=O) groups is 4. The van der Waals surface area contributed by atoms with Gasteiger partial charge in [0.2, 0.25) is 21.8 Å². The van der Waals surface area contributed by atoms with Gasteiger partial charge in [0.15, 0.2) is 0 Å². The van der Waals surface area contributed by atoms with Crippen LogP contribution in [0.4, 0.5) is 4.79 Å². The number of nitrogens with one attached hydrogen (secondary N) is 3. The molecule has 3 aromatic rings. The van der Waals surface area contributed by atoms with Crippen molar-refractivity contribution in [3.8, 4) is 22.8 Å². The van der Waals surface area contributed by atoms with Gasteiger partial charge in [-0.25, -0.2) is 18.2 Å². The van der Waals surface area contributed by atoms with E-state index < -0.39 is 68.7 Å². The smallest absolute Gasteiger partial charge is 0.407 e. The van der Waals surface area contributed by atoms with Crippen LogP contribution >= 0.6 is 0 Å². The molecule has 3 N–H and O–H groups in total. The second-order valence-electron chi connectivity index (χ2n) is 16.2. The van der Waals surface area contributed by atoms with E-state index in [2.05, 4.69) is 15.4 Å². The predicted octanol–water partition coefficient (Wildman–Crippen LogP) is 5.55. The number of fused-ring (bicyclic) bond motifs is 4. The van der Waals surface area contributed by atoms with Crippen LogP contribution in [0.25, 0.3) is 28.2 Å². The van der Waals surface area contributed by atoms with E-state index in [0.29, 0.717) is 66.6 Å². The molecule has 0 radical (unpaired) electrons. The molecule has 5 bridgehead atoms. The van der Waals surface area contributed by atoms with Crippen LogP contribution in [0.5, 0.6) is 11.5 Å². The molecule has 5 atom stereocenters. The number of benzene rings is 2. The van der Waals surface area contributed by atoms with Crippen molar-refractivity contribution in [3.63, 3.8) is 0 Å². The molecule has 2 aromatic carbocycles. The van der Waals surface area contributed by atoms with Gasteiger partial charge in [0, 0.05) is 41.0 Å². The summed E-state index contributed by atoms with van der Waals surface area (Å²) in [6.45, 7) is 0.160. The SMILES string of the molecule is COc1cc2nc(-c3ccccc3)cc3c2cc1/C=C\CCCCOC(=O)N[C@H]1CCCCC/C=C\[C@H]2C[C@@]2(C(=O)NS(=O)(=O)C2CC2)NC(=O)[C@@H]2C[C@H](CN2C1=O)O3. The third-order valence-corrected chi connectivity index (χ3v) is 13.7. The third-order valence-electron chi connectivity index (χ3n) is 11.9. The largest absolute Gasteiger partial charge is 0.496 e. The Morgan fingerprint density at radius 2 is 1.78 bits per heavy atom. The van der Waals surface area contributed by atoms with Gasteiger partial charge in [0.05, 0.1) is 36.7 Å². The lowest BCUT2D eigenvalue weighted by Crippen LogP contribution is -2.58. The first kappa shape index (κ1) is 40.3. The Kier molecular flexibility index (Phi) is 11.7. The minimum atomic E-state index is -3.90. The molecule has 2 saturated carbocycles. The zero-order valence-corrected chi connectivity index (χ0v) is 34.0. The number of pyridine rings is 1. The quantitative estimate of drug-likeness (QED) is 0.276. The molecule has 59 heavy (non-hydrogen) atoms. The van der Waals surface area contributed by atoms with E-state index in [0.717, 1.165) is 36.8 Å².